The number of amides is 1. The lowest BCUT2D eigenvalue weighted by Crippen LogP contribution is -2.22. The number of benzene rings is 1. The number of nitrogens with one attached hydrogen (secondary N) is 1. The molecule has 2 heterocycles. The minimum absolute atomic E-state index is 0.00783. The zero-order valence-corrected chi connectivity index (χ0v) is 13.7. The number of anilines is 1. The summed E-state index contributed by atoms with van der Waals surface area (Å²) in [7, 11) is -0.523. The molecule has 1 N–H and O–H groups in total. The summed E-state index contributed by atoms with van der Waals surface area (Å²) >= 11 is 0. The molecule has 1 aromatic carbocycles. The number of rotatable bonds is 3. The molecule has 1 aliphatic rings. The Kier molecular flexibility index (Phi) is 3.91. The fourth-order valence-electron chi connectivity index (χ4n) is 2.59. The third kappa shape index (κ3) is 2.85. The lowest BCUT2D eigenvalue weighted by molar-refractivity contribution is -0.116. The van der Waals surface area contributed by atoms with Gasteiger partial charge in [-0.1, -0.05) is 12.1 Å². The molecule has 0 saturated heterocycles. The monoisotopic (exact) mass is 331 g/mol. The Morgan fingerprint density at radius 1 is 1.17 bits per heavy atom. The van der Waals surface area contributed by atoms with Gasteiger partial charge in [-0.05, 0) is 30.2 Å². The van der Waals surface area contributed by atoms with Crippen molar-refractivity contribution in [3.8, 4) is 11.3 Å². The Bertz CT molecular complexity index is 876. The zero-order valence-electron chi connectivity index (χ0n) is 12.9. The van der Waals surface area contributed by atoms with Crippen LogP contribution in [-0.2, 0) is 21.2 Å². The second-order valence-corrected chi connectivity index (χ2v) is 7.70. The number of sulfonamides is 1. The van der Waals surface area contributed by atoms with Gasteiger partial charge in [-0.2, -0.15) is 0 Å². The largest absolute Gasteiger partial charge is 0.326 e. The van der Waals surface area contributed by atoms with Gasteiger partial charge in [0, 0.05) is 38.0 Å². The van der Waals surface area contributed by atoms with Crippen LogP contribution in [0.1, 0.15) is 12.0 Å². The van der Waals surface area contributed by atoms with E-state index >= 15 is 0 Å². The van der Waals surface area contributed by atoms with Crippen molar-refractivity contribution in [3.63, 3.8) is 0 Å². The van der Waals surface area contributed by atoms with E-state index in [0.29, 0.717) is 18.5 Å². The van der Waals surface area contributed by atoms with Crippen LogP contribution in [0.3, 0.4) is 0 Å². The third-order valence-corrected chi connectivity index (χ3v) is 5.65. The van der Waals surface area contributed by atoms with E-state index in [4.69, 9.17) is 0 Å². The minimum atomic E-state index is -3.51. The summed E-state index contributed by atoms with van der Waals surface area (Å²) in [6, 6.07) is 8.62. The molecule has 0 saturated carbocycles. The fraction of sp³-hybridized carbons (Fsp3) is 0.250. The molecule has 120 valence electrons. The van der Waals surface area contributed by atoms with Gasteiger partial charge in [0.15, 0.2) is 0 Å². The quantitative estimate of drug-likeness (QED) is 0.931. The number of pyridine rings is 1. The van der Waals surface area contributed by atoms with Gasteiger partial charge in [-0.3, -0.25) is 9.78 Å². The molecule has 1 aliphatic heterocycles. The molecule has 0 aliphatic carbocycles. The van der Waals surface area contributed by atoms with Gasteiger partial charge < -0.3 is 5.32 Å². The molecule has 23 heavy (non-hydrogen) atoms. The van der Waals surface area contributed by atoms with Crippen molar-refractivity contribution in [1.29, 1.82) is 0 Å². The molecule has 1 amide bonds. The van der Waals surface area contributed by atoms with Crippen LogP contribution < -0.4 is 5.32 Å². The van der Waals surface area contributed by atoms with Gasteiger partial charge in [0.2, 0.25) is 15.9 Å². The molecular weight excluding hydrogens is 314 g/mol. The predicted molar refractivity (Wildman–Crippen MR) is 87.5 cm³/mol. The minimum Gasteiger partial charge on any atom is -0.326 e. The Balaban J connectivity index is 2.11. The van der Waals surface area contributed by atoms with E-state index in [0.717, 1.165) is 16.8 Å². The Morgan fingerprint density at radius 3 is 2.70 bits per heavy atom. The normalized spacial score (nSPS) is 14.5. The first-order chi connectivity index (χ1) is 10.9. The molecule has 3 rings (SSSR count). The molecular formula is C16H17N3O3S. The van der Waals surface area contributed by atoms with Crippen molar-refractivity contribution in [1.82, 2.24) is 9.29 Å². The number of nitrogens with zero attached hydrogens (tertiary/aromatic N) is 2. The molecule has 7 heteroatoms. The molecule has 1 aromatic heterocycles. The topological polar surface area (TPSA) is 79.4 Å². The molecule has 0 unspecified atom stereocenters. The first-order valence-corrected chi connectivity index (χ1v) is 8.64. The SMILES string of the molecule is CN(C)S(=O)(=O)c1ccnc(-c2cccc3c2CCC(=O)N3)c1. The van der Waals surface area contributed by atoms with E-state index in [1.165, 1.54) is 30.7 Å². The number of fused-ring (bicyclic) bond motifs is 1. The highest BCUT2D eigenvalue weighted by molar-refractivity contribution is 7.89. The maximum absolute atomic E-state index is 12.3. The number of carbonyl (C=O) groups is 1. The van der Waals surface area contributed by atoms with Crippen LogP contribution in [0.5, 0.6) is 0 Å². The number of carbonyl (C=O) groups excluding carboxylic acids is 1. The van der Waals surface area contributed by atoms with Crippen molar-refractivity contribution >= 4 is 21.6 Å². The van der Waals surface area contributed by atoms with Crippen LogP contribution in [0.25, 0.3) is 11.3 Å². The summed E-state index contributed by atoms with van der Waals surface area (Å²) < 4.78 is 25.8. The van der Waals surface area contributed by atoms with Crippen molar-refractivity contribution < 1.29 is 13.2 Å². The van der Waals surface area contributed by atoms with E-state index in [-0.39, 0.29) is 10.8 Å². The van der Waals surface area contributed by atoms with Gasteiger partial charge in [-0.15, -0.1) is 0 Å². The lowest BCUT2D eigenvalue weighted by Gasteiger charge is -2.20. The average Bonchev–Trinajstić information content (AvgIpc) is 2.54. The highest BCUT2D eigenvalue weighted by Gasteiger charge is 2.21. The molecule has 2 aromatic rings. The zero-order chi connectivity index (χ0) is 16.6. The van der Waals surface area contributed by atoms with E-state index < -0.39 is 10.0 Å². The van der Waals surface area contributed by atoms with Crippen molar-refractivity contribution in [2.24, 2.45) is 0 Å². The summed E-state index contributed by atoms with van der Waals surface area (Å²) in [6.07, 6.45) is 2.52. The summed E-state index contributed by atoms with van der Waals surface area (Å²) in [5.74, 6) is -0.00783. The van der Waals surface area contributed by atoms with Gasteiger partial charge in [-0.25, -0.2) is 12.7 Å². The Hall–Kier alpha value is -2.25. The first-order valence-electron chi connectivity index (χ1n) is 7.20. The van der Waals surface area contributed by atoms with Crippen LogP contribution in [0, 0.1) is 0 Å². The van der Waals surface area contributed by atoms with E-state index in [9.17, 15) is 13.2 Å². The highest BCUT2D eigenvalue weighted by atomic mass is 32.2. The van der Waals surface area contributed by atoms with Crippen LogP contribution in [0.2, 0.25) is 0 Å². The van der Waals surface area contributed by atoms with Gasteiger partial charge in [0.25, 0.3) is 0 Å². The molecule has 0 fully saturated rings. The van der Waals surface area contributed by atoms with Crippen molar-refractivity contribution in [2.45, 2.75) is 17.7 Å². The summed E-state index contributed by atoms with van der Waals surface area (Å²) in [6.45, 7) is 0. The molecule has 6 nitrogen and oxygen atoms in total. The molecule has 0 bridgehead atoms. The van der Waals surface area contributed by atoms with Crippen LogP contribution >= 0.6 is 0 Å². The van der Waals surface area contributed by atoms with Crippen LogP contribution in [0.15, 0.2) is 41.4 Å². The standard InChI is InChI=1S/C16H17N3O3S/c1-19(2)23(21,22)11-8-9-17-15(10-11)12-4-3-5-14-13(12)6-7-16(20)18-14/h3-5,8-10H,6-7H2,1-2H3,(H,18,20). The summed E-state index contributed by atoms with van der Waals surface area (Å²) in [5.41, 5.74) is 3.18. The molecule has 0 atom stereocenters. The van der Waals surface area contributed by atoms with Gasteiger partial charge in [0.05, 0.1) is 10.6 Å². The summed E-state index contributed by atoms with van der Waals surface area (Å²) in [5, 5.41) is 2.84. The first kappa shape index (κ1) is 15.6. The number of hydrogen-bond acceptors (Lipinski definition) is 4. The van der Waals surface area contributed by atoms with Crippen molar-refractivity contribution in [3.05, 3.63) is 42.1 Å². The summed E-state index contributed by atoms with van der Waals surface area (Å²) in [4.78, 5) is 16.0. The smallest absolute Gasteiger partial charge is 0.242 e. The van der Waals surface area contributed by atoms with E-state index in [1.807, 2.05) is 18.2 Å². The maximum Gasteiger partial charge on any atom is 0.242 e. The Morgan fingerprint density at radius 2 is 1.96 bits per heavy atom. The van der Waals surface area contributed by atoms with Crippen LogP contribution in [-0.4, -0.2) is 37.7 Å². The maximum atomic E-state index is 12.3. The second-order valence-electron chi connectivity index (χ2n) is 5.54. The Labute approximate surface area is 135 Å². The van der Waals surface area contributed by atoms with E-state index in [1.54, 1.807) is 6.07 Å². The van der Waals surface area contributed by atoms with E-state index in [2.05, 4.69) is 10.3 Å². The number of hydrogen-bond donors (Lipinski definition) is 1. The highest BCUT2D eigenvalue weighted by Crippen LogP contribution is 2.32. The fourth-order valence-corrected chi connectivity index (χ4v) is 3.51. The number of aromatic nitrogens is 1. The van der Waals surface area contributed by atoms with Crippen LogP contribution in [0.4, 0.5) is 5.69 Å². The van der Waals surface area contributed by atoms with Crippen molar-refractivity contribution in [2.75, 3.05) is 19.4 Å². The van der Waals surface area contributed by atoms with Gasteiger partial charge in [0.1, 0.15) is 0 Å². The molecule has 0 spiro atoms. The second kappa shape index (κ2) is 5.75. The van der Waals surface area contributed by atoms with Gasteiger partial charge >= 0.3 is 0 Å². The predicted octanol–water partition coefficient (Wildman–Crippen LogP) is 1.88. The third-order valence-electron chi connectivity index (χ3n) is 3.84. The molecule has 0 radical (unpaired) electrons. The average molecular weight is 331 g/mol. The lowest BCUT2D eigenvalue weighted by atomic mass is 9.95.